The molecule has 2 aromatic rings. The van der Waals surface area contributed by atoms with E-state index in [-0.39, 0.29) is 0 Å². The molecule has 0 unspecified atom stereocenters. The third-order valence-electron chi connectivity index (χ3n) is 2.99. The molecule has 0 bridgehead atoms. The minimum atomic E-state index is -0.889. The molecule has 0 heterocycles. The second-order valence-corrected chi connectivity index (χ2v) is 4.02. The van der Waals surface area contributed by atoms with Gasteiger partial charge in [-0.1, -0.05) is 30.3 Å². The van der Waals surface area contributed by atoms with Crippen LogP contribution in [-0.2, 0) is 0 Å². The van der Waals surface area contributed by atoms with Gasteiger partial charge in [-0.25, -0.2) is 4.79 Å². The van der Waals surface area contributed by atoms with E-state index in [9.17, 15) is 4.79 Å². The number of carboxylic acid groups (broad SMARTS) is 1. The Morgan fingerprint density at radius 1 is 1.24 bits per heavy atom. The average molecular weight is 226 g/mol. The molecule has 0 atom stereocenters. The summed E-state index contributed by atoms with van der Waals surface area (Å²) in [6, 6.07) is 11.2. The fourth-order valence-corrected chi connectivity index (χ4v) is 1.92. The van der Waals surface area contributed by atoms with E-state index < -0.39 is 5.97 Å². The molecule has 0 aliphatic carbocycles. The van der Waals surface area contributed by atoms with E-state index in [1.165, 1.54) is 5.57 Å². The molecule has 0 amide bonds. The summed E-state index contributed by atoms with van der Waals surface area (Å²) in [6.45, 7) is 4.06. The van der Waals surface area contributed by atoms with Gasteiger partial charge >= 0.3 is 5.97 Å². The van der Waals surface area contributed by atoms with Gasteiger partial charge in [0, 0.05) is 0 Å². The fraction of sp³-hybridized carbons (Fsp3) is 0.133. The second-order valence-electron chi connectivity index (χ2n) is 4.02. The highest BCUT2D eigenvalue weighted by Crippen LogP contribution is 2.25. The number of allylic oxidation sites excluding steroid dienone is 2. The molecular formula is C15H14O2. The van der Waals surface area contributed by atoms with E-state index in [1.54, 1.807) is 12.1 Å². The van der Waals surface area contributed by atoms with Gasteiger partial charge < -0.3 is 5.11 Å². The molecule has 86 valence electrons. The normalized spacial score (nSPS) is 11.8. The van der Waals surface area contributed by atoms with Crippen LogP contribution in [-0.4, -0.2) is 11.1 Å². The summed E-state index contributed by atoms with van der Waals surface area (Å²) in [7, 11) is 0. The molecule has 0 aromatic heterocycles. The summed E-state index contributed by atoms with van der Waals surface area (Å²) < 4.78 is 0. The number of hydrogen-bond acceptors (Lipinski definition) is 1. The first kappa shape index (κ1) is 11.4. The standard InChI is InChI=1S/C15H14O2/c1-3-10(2)13-6-4-5-11-9-12(15(16)17)7-8-14(11)13/h3-9H,1-2H3,(H,16,17)/b10-3+. The van der Waals surface area contributed by atoms with Crippen molar-refractivity contribution in [3.8, 4) is 0 Å². The summed E-state index contributed by atoms with van der Waals surface area (Å²) in [5.74, 6) is -0.889. The Morgan fingerprint density at radius 2 is 2.00 bits per heavy atom. The Bertz CT molecular complexity index is 609. The van der Waals surface area contributed by atoms with Crippen LogP contribution in [0.4, 0.5) is 0 Å². The van der Waals surface area contributed by atoms with E-state index in [4.69, 9.17) is 5.11 Å². The summed E-state index contributed by atoms with van der Waals surface area (Å²) >= 11 is 0. The van der Waals surface area contributed by atoms with E-state index >= 15 is 0 Å². The lowest BCUT2D eigenvalue weighted by Gasteiger charge is -2.07. The van der Waals surface area contributed by atoms with Crippen LogP contribution < -0.4 is 0 Å². The lowest BCUT2D eigenvalue weighted by molar-refractivity contribution is 0.0697. The van der Waals surface area contributed by atoms with Crippen molar-refractivity contribution in [2.24, 2.45) is 0 Å². The molecule has 0 spiro atoms. The van der Waals surface area contributed by atoms with Crippen LogP contribution in [0.25, 0.3) is 16.3 Å². The summed E-state index contributed by atoms with van der Waals surface area (Å²) in [5.41, 5.74) is 2.67. The third kappa shape index (κ3) is 2.07. The number of benzene rings is 2. The maximum Gasteiger partial charge on any atom is 0.335 e. The zero-order chi connectivity index (χ0) is 12.4. The SMILES string of the molecule is C/C=C(\C)c1cccc2cc(C(=O)O)ccc12. The van der Waals surface area contributed by atoms with Crippen LogP contribution in [0.5, 0.6) is 0 Å². The molecule has 1 N–H and O–H groups in total. The number of rotatable bonds is 2. The molecule has 2 rings (SSSR count). The maximum atomic E-state index is 10.9. The molecule has 0 radical (unpaired) electrons. The van der Waals surface area contributed by atoms with Gasteiger partial charge in [-0.05, 0) is 47.9 Å². The lowest BCUT2D eigenvalue weighted by atomic mass is 9.97. The Hall–Kier alpha value is -2.09. The van der Waals surface area contributed by atoms with Crippen LogP contribution in [0.15, 0.2) is 42.5 Å². The van der Waals surface area contributed by atoms with Gasteiger partial charge in [-0.3, -0.25) is 0 Å². The van der Waals surface area contributed by atoms with Crippen molar-refractivity contribution in [1.29, 1.82) is 0 Å². The largest absolute Gasteiger partial charge is 0.478 e. The minimum Gasteiger partial charge on any atom is -0.478 e. The number of carbonyl (C=O) groups is 1. The van der Waals surface area contributed by atoms with Crippen LogP contribution in [0, 0.1) is 0 Å². The molecule has 0 fully saturated rings. The maximum absolute atomic E-state index is 10.9. The monoisotopic (exact) mass is 226 g/mol. The zero-order valence-corrected chi connectivity index (χ0v) is 9.90. The van der Waals surface area contributed by atoms with Crippen molar-refractivity contribution in [2.75, 3.05) is 0 Å². The van der Waals surface area contributed by atoms with Gasteiger partial charge in [-0.2, -0.15) is 0 Å². The molecule has 0 aliphatic rings. The van der Waals surface area contributed by atoms with E-state index in [2.05, 4.69) is 19.1 Å². The van der Waals surface area contributed by atoms with Gasteiger partial charge in [0.2, 0.25) is 0 Å². The Labute approximate surface area is 100 Å². The topological polar surface area (TPSA) is 37.3 Å². The quantitative estimate of drug-likeness (QED) is 0.841. The first-order chi connectivity index (χ1) is 8.13. The number of hydrogen-bond donors (Lipinski definition) is 1. The fourth-order valence-electron chi connectivity index (χ4n) is 1.92. The summed E-state index contributed by atoms with van der Waals surface area (Å²) in [6.07, 6.45) is 2.06. The molecule has 2 heteroatoms. The molecule has 17 heavy (non-hydrogen) atoms. The third-order valence-corrected chi connectivity index (χ3v) is 2.99. The highest BCUT2D eigenvalue weighted by Gasteiger charge is 2.06. The van der Waals surface area contributed by atoms with Gasteiger partial charge in [0.1, 0.15) is 0 Å². The van der Waals surface area contributed by atoms with Crippen molar-refractivity contribution >= 4 is 22.3 Å². The average Bonchev–Trinajstić information content (AvgIpc) is 2.36. The molecule has 2 nitrogen and oxygen atoms in total. The van der Waals surface area contributed by atoms with Crippen LogP contribution in [0.3, 0.4) is 0 Å². The predicted molar refractivity (Wildman–Crippen MR) is 70.2 cm³/mol. The van der Waals surface area contributed by atoms with Crippen LogP contribution >= 0.6 is 0 Å². The first-order valence-corrected chi connectivity index (χ1v) is 5.53. The minimum absolute atomic E-state index is 0.327. The van der Waals surface area contributed by atoms with Crippen molar-refractivity contribution in [1.82, 2.24) is 0 Å². The number of carboxylic acids is 1. The van der Waals surface area contributed by atoms with E-state index in [1.807, 2.05) is 25.1 Å². The molecule has 2 aromatic carbocycles. The zero-order valence-electron chi connectivity index (χ0n) is 9.90. The van der Waals surface area contributed by atoms with Gasteiger partial charge in [-0.15, -0.1) is 0 Å². The van der Waals surface area contributed by atoms with Crippen molar-refractivity contribution in [2.45, 2.75) is 13.8 Å². The molecular weight excluding hydrogens is 212 g/mol. The van der Waals surface area contributed by atoms with E-state index in [0.717, 1.165) is 16.3 Å². The van der Waals surface area contributed by atoms with Crippen LogP contribution in [0.1, 0.15) is 29.8 Å². The lowest BCUT2D eigenvalue weighted by Crippen LogP contribution is -1.95. The highest BCUT2D eigenvalue weighted by atomic mass is 16.4. The molecule has 0 saturated heterocycles. The number of fused-ring (bicyclic) bond motifs is 1. The van der Waals surface area contributed by atoms with Crippen molar-refractivity contribution in [3.63, 3.8) is 0 Å². The Morgan fingerprint density at radius 3 is 2.65 bits per heavy atom. The summed E-state index contributed by atoms with van der Waals surface area (Å²) in [4.78, 5) is 10.9. The van der Waals surface area contributed by atoms with Crippen molar-refractivity contribution < 1.29 is 9.90 Å². The smallest absolute Gasteiger partial charge is 0.335 e. The van der Waals surface area contributed by atoms with Gasteiger partial charge in [0.05, 0.1) is 5.56 Å². The van der Waals surface area contributed by atoms with Crippen molar-refractivity contribution in [3.05, 3.63) is 53.6 Å². The Kier molecular flexibility index (Phi) is 2.96. The van der Waals surface area contributed by atoms with Gasteiger partial charge in [0.25, 0.3) is 0 Å². The first-order valence-electron chi connectivity index (χ1n) is 5.53. The molecule has 0 saturated carbocycles. The van der Waals surface area contributed by atoms with E-state index in [0.29, 0.717) is 5.56 Å². The summed E-state index contributed by atoms with van der Waals surface area (Å²) in [5, 5.41) is 11.0. The van der Waals surface area contributed by atoms with Gasteiger partial charge in [0.15, 0.2) is 0 Å². The second kappa shape index (κ2) is 4.42. The number of aromatic carboxylic acids is 1. The Balaban J connectivity index is 2.71. The van der Waals surface area contributed by atoms with Crippen LogP contribution in [0.2, 0.25) is 0 Å². The predicted octanol–water partition coefficient (Wildman–Crippen LogP) is 3.96. The molecule has 0 aliphatic heterocycles. The highest BCUT2D eigenvalue weighted by molar-refractivity contribution is 5.98.